The number of rotatable bonds is 6. The second-order valence-corrected chi connectivity index (χ2v) is 4.17. The molecule has 0 saturated carbocycles. The van der Waals surface area contributed by atoms with Gasteiger partial charge in [0.1, 0.15) is 17.3 Å². The standard InChI is InChI=1S/C15H19NO2/c1-3-10-17-13-6-4-12(5-7-13)15-9-8-14(18-15)11-16-2/h4-9,16H,3,10-11H2,1-2H3. The van der Waals surface area contributed by atoms with E-state index in [9.17, 15) is 0 Å². The lowest BCUT2D eigenvalue weighted by molar-refractivity contribution is 0.317. The van der Waals surface area contributed by atoms with Gasteiger partial charge in [-0.25, -0.2) is 0 Å². The lowest BCUT2D eigenvalue weighted by atomic mass is 10.2. The Balaban J connectivity index is 2.07. The number of furan rings is 1. The van der Waals surface area contributed by atoms with E-state index in [2.05, 4.69) is 12.2 Å². The first-order valence-electron chi connectivity index (χ1n) is 6.30. The van der Waals surface area contributed by atoms with Crippen molar-refractivity contribution in [1.29, 1.82) is 0 Å². The average Bonchev–Trinajstić information content (AvgIpc) is 2.86. The second kappa shape index (κ2) is 6.26. The second-order valence-electron chi connectivity index (χ2n) is 4.17. The summed E-state index contributed by atoms with van der Waals surface area (Å²) >= 11 is 0. The third kappa shape index (κ3) is 3.14. The maximum Gasteiger partial charge on any atom is 0.134 e. The zero-order valence-corrected chi connectivity index (χ0v) is 10.9. The maximum absolute atomic E-state index is 5.73. The highest BCUT2D eigenvalue weighted by atomic mass is 16.5. The predicted molar refractivity (Wildman–Crippen MR) is 72.7 cm³/mol. The maximum atomic E-state index is 5.73. The van der Waals surface area contributed by atoms with Crippen LogP contribution in [-0.2, 0) is 6.54 Å². The van der Waals surface area contributed by atoms with Crippen molar-refractivity contribution in [3.8, 4) is 17.1 Å². The molecular formula is C15H19NO2. The van der Waals surface area contributed by atoms with Crippen LogP contribution in [0.25, 0.3) is 11.3 Å². The van der Waals surface area contributed by atoms with Crippen LogP contribution in [0.2, 0.25) is 0 Å². The van der Waals surface area contributed by atoms with Gasteiger partial charge in [-0.1, -0.05) is 6.92 Å². The minimum atomic E-state index is 0.748. The van der Waals surface area contributed by atoms with Crippen LogP contribution in [0.4, 0.5) is 0 Å². The third-order valence-corrected chi connectivity index (χ3v) is 2.62. The fraction of sp³-hybridized carbons (Fsp3) is 0.333. The van der Waals surface area contributed by atoms with Crippen LogP contribution >= 0.6 is 0 Å². The van der Waals surface area contributed by atoms with E-state index in [1.165, 1.54) is 0 Å². The predicted octanol–water partition coefficient (Wildman–Crippen LogP) is 3.45. The summed E-state index contributed by atoms with van der Waals surface area (Å²) in [5.41, 5.74) is 1.07. The van der Waals surface area contributed by atoms with Crippen molar-refractivity contribution in [3.63, 3.8) is 0 Å². The van der Waals surface area contributed by atoms with Crippen molar-refractivity contribution in [3.05, 3.63) is 42.2 Å². The van der Waals surface area contributed by atoms with Gasteiger partial charge in [-0.05, 0) is 49.9 Å². The average molecular weight is 245 g/mol. The zero-order chi connectivity index (χ0) is 12.8. The van der Waals surface area contributed by atoms with Gasteiger partial charge in [-0.2, -0.15) is 0 Å². The number of hydrogen-bond acceptors (Lipinski definition) is 3. The molecule has 0 unspecified atom stereocenters. The Labute approximate surface area is 108 Å². The number of nitrogens with one attached hydrogen (secondary N) is 1. The highest BCUT2D eigenvalue weighted by Gasteiger charge is 2.04. The van der Waals surface area contributed by atoms with Crippen molar-refractivity contribution in [2.45, 2.75) is 19.9 Å². The Morgan fingerprint density at radius 3 is 2.56 bits per heavy atom. The van der Waals surface area contributed by atoms with Crippen LogP contribution in [0.3, 0.4) is 0 Å². The molecule has 0 aliphatic carbocycles. The fourth-order valence-corrected chi connectivity index (χ4v) is 1.74. The number of hydrogen-bond donors (Lipinski definition) is 1. The zero-order valence-electron chi connectivity index (χ0n) is 10.9. The summed E-state index contributed by atoms with van der Waals surface area (Å²) in [6.07, 6.45) is 1.02. The number of benzene rings is 1. The topological polar surface area (TPSA) is 34.4 Å². The third-order valence-electron chi connectivity index (χ3n) is 2.62. The first kappa shape index (κ1) is 12.7. The van der Waals surface area contributed by atoms with Crippen molar-refractivity contribution >= 4 is 0 Å². The van der Waals surface area contributed by atoms with Gasteiger partial charge in [0.2, 0.25) is 0 Å². The molecular weight excluding hydrogens is 226 g/mol. The summed E-state index contributed by atoms with van der Waals surface area (Å²) in [7, 11) is 1.90. The van der Waals surface area contributed by atoms with E-state index in [-0.39, 0.29) is 0 Å². The molecule has 1 aromatic heterocycles. The molecule has 0 atom stereocenters. The van der Waals surface area contributed by atoms with Gasteiger partial charge in [0.25, 0.3) is 0 Å². The number of ether oxygens (including phenoxy) is 1. The van der Waals surface area contributed by atoms with E-state index in [0.29, 0.717) is 0 Å². The van der Waals surface area contributed by atoms with E-state index in [1.54, 1.807) is 0 Å². The Bertz CT molecular complexity index is 473. The van der Waals surface area contributed by atoms with Crippen LogP contribution in [0, 0.1) is 0 Å². The monoisotopic (exact) mass is 245 g/mol. The molecule has 0 aliphatic heterocycles. The van der Waals surface area contributed by atoms with Crippen molar-refractivity contribution in [2.75, 3.05) is 13.7 Å². The summed E-state index contributed by atoms with van der Waals surface area (Å²) < 4.78 is 11.3. The molecule has 96 valence electrons. The van der Waals surface area contributed by atoms with Crippen LogP contribution in [0.1, 0.15) is 19.1 Å². The van der Waals surface area contributed by atoms with Gasteiger partial charge in [0.15, 0.2) is 0 Å². The van der Waals surface area contributed by atoms with Crippen molar-refractivity contribution in [2.24, 2.45) is 0 Å². The molecule has 3 nitrogen and oxygen atoms in total. The van der Waals surface area contributed by atoms with Crippen molar-refractivity contribution < 1.29 is 9.15 Å². The Morgan fingerprint density at radius 1 is 1.11 bits per heavy atom. The fourth-order valence-electron chi connectivity index (χ4n) is 1.74. The summed E-state index contributed by atoms with van der Waals surface area (Å²) in [5.74, 6) is 2.74. The molecule has 0 fully saturated rings. The molecule has 18 heavy (non-hydrogen) atoms. The summed E-state index contributed by atoms with van der Waals surface area (Å²) in [6, 6.07) is 12.0. The molecule has 0 spiro atoms. The molecule has 0 radical (unpaired) electrons. The summed E-state index contributed by atoms with van der Waals surface area (Å²) in [6.45, 7) is 3.60. The quantitative estimate of drug-likeness (QED) is 0.846. The van der Waals surface area contributed by atoms with E-state index < -0.39 is 0 Å². The molecule has 0 bridgehead atoms. The Hall–Kier alpha value is -1.74. The molecule has 1 aromatic carbocycles. The Kier molecular flexibility index (Phi) is 4.42. The van der Waals surface area contributed by atoms with Crippen molar-refractivity contribution in [1.82, 2.24) is 5.32 Å². The first-order chi connectivity index (χ1) is 8.83. The van der Waals surface area contributed by atoms with Gasteiger partial charge >= 0.3 is 0 Å². The van der Waals surface area contributed by atoms with Crippen LogP contribution < -0.4 is 10.1 Å². The molecule has 2 aromatic rings. The first-order valence-corrected chi connectivity index (χ1v) is 6.30. The lowest BCUT2D eigenvalue weighted by Gasteiger charge is -2.04. The van der Waals surface area contributed by atoms with Crippen LogP contribution in [0.15, 0.2) is 40.8 Å². The summed E-state index contributed by atoms with van der Waals surface area (Å²) in [5, 5.41) is 3.07. The molecule has 3 heteroatoms. The van der Waals surface area contributed by atoms with E-state index in [1.807, 2.05) is 43.4 Å². The van der Waals surface area contributed by atoms with Gasteiger partial charge in [-0.3, -0.25) is 0 Å². The van der Waals surface area contributed by atoms with E-state index >= 15 is 0 Å². The van der Waals surface area contributed by atoms with Gasteiger partial charge < -0.3 is 14.5 Å². The van der Waals surface area contributed by atoms with E-state index in [4.69, 9.17) is 9.15 Å². The van der Waals surface area contributed by atoms with Gasteiger partial charge in [-0.15, -0.1) is 0 Å². The SMILES string of the molecule is CCCOc1ccc(-c2ccc(CNC)o2)cc1. The molecule has 1 N–H and O–H groups in total. The molecule has 0 aliphatic rings. The smallest absolute Gasteiger partial charge is 0.134 e. The van der Waals surface area contributed by atoms with Gasteiger partial charge in [0.05, 0.1) is 13.2 Å². The highest BCUT2D eigenvalue weighted by molar-refractivity contribution is 5.58. The van der Waals surface area contributed by atoms with Gasteiger partial charge in [0, 0.05) is 5.56 Å². The largest absolute Gasteiger partial charge is 0.494 e. The molecule has 1 heterocycles. The minimum Gasteiger partial charge on any atom is -0.494 e. The highest BCUT2D eigenvalue weighted by Crippen LogP contribution is 2.24. The Morgan fingerprint density at radius 2 is 1.89 bits per heavy atom. The lowest BCUT2D eigenvalue weighted by Crippen LogP contribution is -2.03. The normalized spacial score (nSPS) is 10.6. The molecule has 0 amide bonds. The van der Waals surface area contributed by atoms with Crippen LogP contribution in [0.5, 0.6) is 5.75 Å². The molecule has 2 rings (SSSR count). The molecule has 0 saturated heterocycles. The summed E-state index contributed by atoms with van der Waals surface area (Å²) in [4.78, 5) is 0. The minimum absolute atomic E-state index is 0.748. The van der Waals surface area contributed by atoms with E-state index in [0.717, 1.165) is 42.4 Å². The van der Waals surface area contributed by atoms with Crippen LogP contribution in [-0.4, -0.2) is 13.7 Å².